The van der Waals surface area contributed by atoms with Gasteiger partial charge >= 0.3 is 12.0 Å². The highest BCUT2D eigenvalue weighted by Crippen LogP contribution is 2.17. The first-order chi connectivity index (χ1) is 8.58. The number of amides is 2. The summed E-state index contributed by atoms with van der Waals surface area (Å²) in [7, 11) is 0. The average molecular weight is 270 g/mol. The van der Waals surface area contributed by atoms with Crippen LogP contribution in [0.5, 0.6) is 0 Å². The Labute approximate surface area is 115 Å². The van der Waals surface area contributed by atoms with Crippen LogP contribution in [0.3, 0.4) is 0 Å². The van der Waals surface area contributed by atoms with E-state index in [9.17, 15) is 14.7 Å². The Morgan fingerprint density at radius 2 is 1.84 bits per heavy atom. The number of hydrogen-bond donors (Lipinski definition) is 2. The molecule has 0 fully saturated rings. The molecule has 0 saturated carbocycles. The Morgan fingerprint density at radius 1 is 1.32 bits per heavy atom. The normalized spacial score (nSPS) is 14.4. The van der Waals surface area contributed by atoms with Crippen molar-refractivity contribution in [3.63, 3.8) is 0 Å². The first-order valence-electron chi connectivity index (χ1n) is 6.52. The van der Waals surface area contributed by atoms with Crippen molar-refractivity contribution in [2.75, 3.05) is 6.54 Å². The molecule has 0 radical (unpaired) electrons. The van der Waals surface area contributed by atoms with Crippen molar-refractivity contribution in [1.29, 1.82) is 0 Å². The molecule has 110 valence electrons. The highest BCUT2D eigenvalue weighted by atomic mass is 16.4. The standard InChI is InChI=1S/C14H26N2O3/c1-7-9-14(6,11(17)18)15-12(19)16(10-8-2)13(3,4)5/h8H,2,7,9-10H2,1,3-6H3,(H,15,19)(H,17,18). The summed E-state index contributed by atoms with van der Waals surface area (Å²) in [5.74, 6) is -1.02. The maximum absolute atomic E-state index is 12.3. The molecule has 2 N–H and O–H groups in total. The van der Waals surface area contributed by atoms with Crippen LogP contribution in [0.4, 0.5) is 4.79 Å². The van der Waals surface area contributed by atoms with E-state index in [1.807, 2.05) is 27.7 Å². The second-order valence-electron chi connectivity index (χ2n) is 5.89. The number of rotatable bonds is 6. The molecular weight excluding hydrogens is 244 g/mol. The third-order valence-electron chi connectivity index (χ3n) is 2.97. The fourth-order valence-electron chi connectivity index (χ4n) is 1.82. The fourth-order valence-corrected chi connectivity index (χ4v) is 1.82. The van der Waals surface area contributed by atoms with Crippen LogP contribution >= 0.6 is 0 Å². The van der Waals surface area contributed by atoms with Crippen LogP contribution < -0.4 is 5.32 Å². The van der Waals surface area contributed by atoms with Gasteiger partial charge in [0.15, 0.2) is 0 Å². The number of hydrogen-bond acceptors (Lipinski definition) is 2. The minimum absolute atomic E-state index is 0.372. The molecule has 0 heterocycles. The summed E-state index contributed by atoms with van der Waals surface area (Å²) in [5.41, 5.74) is -1.64. The molecule has 1 unspecified atom stereocenters. The van der Waals surface area contributed by atoms with E-state index in [1.54, 1.807) is 11.0 Å². The quantitative estimate of drug-likeness (QED) is 0.729. The van der Waals surface area contributed by atoms with E-state index in [4.69, 9.17) is 0 Å². The zero-order valence-corrected chi connectivity index (χ0v) is 12.6. The lowest BCUT2D eigenvalue weighted by Crippen LogP contribution is -2.59. The monoisotopic (exact) mass is 270 g/mol. The molecule has 19 heavy (non-hydrogen) atoms. The van der Waals surface area contributed by atoms with Crippen LogP contribution in [0.15, 0.2) is 12.7 Å². The predicted octanol–water partition coefficient (Wildman–Crippen LogP) is 2.63. The van der Waals surface area contributed by atoms with Gasteiger partial charge in [0.25, 0.3) is 0 Å². The van der Waals surface area contributed by atoms with Crippen molar-refractivity contribution in [3.05, 3.63) is 12.7 Å². The van der Waals surface area contributed by atoms with Gasteiger partial charge in [-0.3, -0.25) is 0 Å². The van der Waals surface area contributed by atoms with E-state index in [2.05, 4.69) is 11.9 Å². The summed E-state index contributed by atoms with van der Waals surface area (Å²) in [5, 5.41) is 11.9. The van der Waals surface area contributed by atoms with Crippen LogP contribution in [-0.2, 0) is 4.79 Å². The molecule has 2 amide bonds. The zero-order valence-electron chi connectivity index (χ0n) is 12.6. The molecule has 5 nitrogen and oxygen atoms in total. The number of carbonyl (C=O) groups excluding carboxylic acids is 1. The van der Waals surface area contributed by atoms with E-state index in [1.165, 1.54) is 6.92 Å². The molecule has 1 atom stereocenters. The molecule has 0 rings (SSSR count). The first kappa shape index (κ1) is 17.5. The molecule has 0 bridgehead atoms. The second-order valence-corrected chi connectivity index (χ2v) is 5.89. The number of nitrogens with one attached hydrogen (secondary N) is 1. The number of carboxylic acid groups (broad SMARTS) is 1. The minimum atomic E-state index is -1.24. The Hall–Kier alpha value is -1.52. The molecule has 0 saturated heterocycles. The lowest BCUT2D eigenvalue weighted by molar-refractivity contribution is -0.144. The van der Waals surface area contributed by atoms with Crippen molar-refractivity contribution in [2.45, 2.75) is 58.5 Å². The minimum Gasteiger partial charge on any atom is -0.480 e. The Bertz CT molecular complexity index is 347. The molecule has 0 aliphatic rings. The van der Waals surface area contributed by atoms with Crippen LogP contribution in [0.2, 0.25) is 0 Å². The lowest BCUT2D eigenvalue weighted by Gasteiger charge is -2.37. The highest BCUT2D eigenvalue weighted by Gasteiger charge is 2.37. The molecule has 5 heteroatoms. The first-order valence-corrected chi connectivity index (χ1v) is 6.52. The number of urea groups is 1. The molecule has 0 aromatic heterocycles. The van der Waals surface area contributed by atoms with Gasteiger partial charge in [0, 0.05) is 12.1 Å². The van der Waals surface area contributed by atoms with Gasteiger partial charge in [-0.05, 0) is 34.1 Å². The van der Waals surface area contributed by atoms with E-state index >= 15 is 0 Å². The Kier molecular flexibility index (Phi) is 6.06. The van der Waals surface area contributed by atoms with E-state index in [-0.39, 0.29) is 6.03 Å². The largest absolute Gasteiger partial charge is 0.480 e. The lowest BCUT2D eigenvalue weighted by atomic mass is 9.96. The van der Waals surface area contributed by atoms with Crippen molar-refractivity contribution >= 4 is 12.0 Å². The van der Waals surface area contributed by atoms with Gasteiger partial charge in [0.2, 0.25) is 0 Å². The van der Waals surface area contributed by atoms with Crippen LogP contribution in [0.25, 0.3) is 0 Å². The highest BCUT2D eigenvalue weighted by molar-refractivity contribution is 5.86. The molecule has 0 aromatic rings. The zero-order chi connectivity index (χ0) is 15.3. The van der Waals surface area contributed by atoms with Gasteiger partial charge in [-0.25, -0.2) is 9.59 Å². The summed E-state index contributed by atoms with van der Waals surface area (Å²) in [6.07, 6.45) is 2.70. The number of nitrogens with zero attached hydrogens (tertiary/aromatic N) is 1. The number of carbonyl (C=O) groups is 2. The molecular formula is C14H26N2O3. The summed E-state index contributed by atoms with van der Waals surface area (Å²) in [4.78, 5) is 25.2. The Morgan fingerprint density at radius 3 is 2.16 bits per heavy atom. The smallest absolute Gasteiger partial charge is 0.329 e. The average Bonchev–Trinajstić information content (AvgIpc) is 2.23. The third kappa shape index (κ3) is 4.93. The van der Waals surface area contributed by atoms with Gasteiger partial charge in [0.1, 0.15) is 5.54 Å². The number of aliphatic carboxylic acids is 1. The van der Waals surface area contributed by atoms with Gasteiger partial charge in [0.05, 0.1) is 0 Å². The van der Waals surface area contributed by atoms with Crippen molar-refractivity contribution in [1.82, 2.24) is 10.2 Å². The topological polar surface area (TPSA) is 69.6 Å². The predicted molar refractivity (Wildman–Crippen MR) is 76.1 cm³/mol. The fraction of sp³-hybridized carbons (Fsp3) is 0.714. The van der Waals surface area contributed by atoms with Crippen molar-refractivity contribution < 1.29 is 14.7 Å². The maximum atomic E-state index is 12.3. The SMILES string of the molecule is C=CCN(C(=O)NC(C)(CCC)C(=O)O)C(C)(C)C. The van der Waals surface area contributed by atoms with Gasteiger partial charge in [-0.2, -0.15) is 0 Å². The summed E-state index contributed by atoms with van der Waals surface area (Å²) in [6.45, 7) is 13.1. The summed E-state index contributed by atoms with van der Waals surface area (Å²) in [6, 6.07) is -0.384. The maximum Gasteiger partial charge on any atom is 0.329 e. The van der Waals surface area contributed by atoms with Gasteiger partial charge in [-0.1, -0.05) is 19.4 Å². The second kappa shape index (κ2) is 6.59. The number of carboxylic acids is 1. The van der Waals surface area contributed by atoms with Crippen LogP contribution in [-0.4, -0.2) is 39.6 Å². The van der Waals surface area contributed by atoms with Gasteiger partial charge in [-0.15, -0.1) is 6.58 Å². The van der Waals surface area contributed by atoms with E-state index < -0.39 is 17.0 Å². The van der Waals surface area contributed by atoms with Crippen LogP contribution in [0, 0.1) is 0 Å². The van der Waals surface area contributed by atoms with Gasteiger partial charge < -0.3 is 15.3 Å². The summed E-state index contributed by atoms with van der Waals surface area (Å²) < 4.78 is 0. The Balaban J connectivity index is 5.07. The molecule has 0 aliphatic carbocycles. The molecule has 0 spiro atoms. The van der Waals surface area contributed by atoms with Crippen LogP contribution in [0.1, 0.15) is 47.5 Å². The van der Waals surface area contributed by atoms with Crippen molar-refractivity contribution in [3.8, 4) is 0 Å². The van der Waals surface area contributed by atoms with E-state index in [0.29, 0.717) is 19.4 Å². The van der Waals surface area contributed by atoms with Crippen molar-refractivity contribution in [2.24, 2.45) is 0 Å². The molecule has 0 aliphatic heterocycles. The summed E-state index contributed by atoms with van der Waals surface area (Å²) >= 11 is 0. The van der Waals surface area contributed by atoms with E-state index in [0.717, 1.165) is 0 Å². The molecule has 0 aromatic carbocycles. The third-order valence-corrected chi connectivity index (χ3v) is 2.97.